The molecule has 0 atom stereocenters. The van der Waals surface area contributed by atoms with Crippen molar-refractivity contribution in [3.05, 3.63) is 65.2 Å². The van der Waals surface area contributed by atoms with Crippen LogP contribution in [0, 0.1) is 6.92 Å². The van der Waals surface area contributed by atoms with E-state index in [-0.39, 0.29) is 18.4 Å². The van der Waals surface area contributed by atoms with Crippen LogP contribution in [0.15, 0.2) is 48.5 Å². The molecule has 0 saturated carbocycles. The third kappa shape index (κ3) is 5.64. The van der Waals surface area contributed by atoms with Gasteiger partial charge in [-0.15, -0.1) is 0 Å². The predicted octanol–water partition coefficient (Wildman–Crippen LogP) is 2.67. The van der Waals surface area contributed by atoms with Crippen LogP contribution < -0.4 is 10.1 Å². The number of nitrogens with zero attached hydrogens (tertiary/aromatic N) is 1. The van der Waals surface area contributed by atoms with Gasteiger partial charge in [0.1, 0.15) is 5.75 Å². The number of aryl methyl sites for hydroxylation is 1. The van der Waals surface area contributed by atoms with Crippen LogP contribution in [0.1, 0.15) is 23.6 Å². The van der Waals surface area contributed by atoms with Crippen molar-refractivity contribution in [2.24, 2.45) is 0 Å². The first-order chi connectivity index (χ1) is 12.0. The standard InChI is InChI=1S/C20H24N2O3/c1-15-7-6-8-17(11-15)13-22(16(2)23)14-20(24)21-12-18-9-4-5-10-19(18)25-3/h4-11H,12-14H2,1-3H3,(H,21,24). The van der Waals surface area contributed by atoms with E-state index in [9.17, 15) is 9.59 Å². The highest BCUT2D eigenvalue weighted by atomic mass is 16.5. The van der Waals surface area contributed by atoms with Crippen LogP contribution >= 0.6 is 0 Å². The van der Waals surface area contributed by atoms with Gasteiger partial charge in [0.05, 0.1) is 13.7 Å². The number of carbonyl (C=O) groups is 2. The highest BCUT2D eigenvalue weighted by Crippen LogP contribution is 2.16. The van der Waals surface area contributed by atoms with Crippen LogP contribution in [0.5, 0.6) is 5.75 Å². The Bertz CT molecular complexity index is 743. The van der Waals surface area contributed by atoms with Gasteiger partial charge in [-0.1, -0.05) is 48.0 Å². The smallest absolute Gasteiger partial charge is 0.239 e. The van der Waals surface area contributed by atoms with Gasteiger partial charge in [0.15, 0.2) is 0 Å². The number of hydrogen-bond acceptors (Lipinski definition) is 3. The SMILES string of the molecule is COc1ccccc1CNC(=O)CN(Cc1cccc(C)c1)C(C)=O. The molecular weight excluding hydrogens is 316 g/mol. The maximum absolute atomic E-state index is 12.2. The molecule has 0 aliphatic heterocycles. The molecule has 132 valence electrons. The molecule has 2 aromatic rings. The van der Waals surface area contributed by atoms with Crippen molar-refractivity contribution in [2.45, 2.75) is 26.9 Å². The lowest BCUT2D eigenvalue weighted by Crippen LogP contribution is -2.39. The Morgan fingerprint density at radius 3 is 2.56 bits per heavy atom. The Morgan fingerprint density at radius 1 is 1.12 bits per heavy atom. The summed E-state index contributed by atoms with van der Waals surface area (Å²) in [6.07, 6.45) is 0. The van der Waals surface area contributed by atoms with Crippen LogP contribution in [0.3, 0.4) is 0 Å². The lowest BCUT2D eigenvalue weighted by molar-refractivity contribution is -0.135. The quantitative estimate of drug-likeness (QED) is 0.843. The summed E-state index contributed by atoms with van der Waals surface area (Å²) in [6.45, 7) is 4.28. The summed E-state index contributed by atoms with van der Waals surface area (Å²) in [4.78, 5) is 25.6. The number of methoxy groups -OCH3 is 1. The summed E-state index contributed by atoms with van der Waals surface area (Å²) < 4.78 is 5.27. The number of nitrogens with one attached hydrogen (secondary N) is 1. The highest BCUT2D eigenvalue weighted by molar-refractivity contribution is 5.83. The summed E-state index contributed by atoms with van der Waals surface area (Å²) in [7, 11) is 1.60. The van der Waals surface area contributed by atoms with E-state index >= 15 is 0 Å². The van der Waals surface area contributed by atoms with Gasteiger partial charge in [0, 0.05) is 25.6 Å². The fraction of sp³-hybridized carbons (Fsp3) is 0.300. The number of hydrogen-bond donors (Lipinski definition) is 1. The van der Waals surface area contributed by atoms with Crippen LogP contribution in [0.4, 0.5) is 0 Å². The maximum atomic E-state index is 12.2. The van der Waals surface area contributed by atoms with E-state index in [4.69, 9.17) is 4.74 Å². The molecule has 2 rings (SSSR count). The van der Waals surface area contributed by atoms with E-state index in [1.54, 1.807) is 7.11 Å². The molecule has 0 aliphatic carbocycles. The van der Waals surface area contributed by atoms with Gasteiger partial charge in [-0.2, -0.15) is 0 Å². The second kappa shape index (κ2) is 8.87. The summed E-state index contributed by atoms with van der Waals surface area (Å²) in [5.41, 5.74) is 3.03. The van der Waals surface area contributed by atoms with Gasteiger partial charge in [-0.3, -0.25) is 9.59 Å². The minimum absolute atomic E-state index is 0.0262. The summed E-state index contributed by atoms with van der Waals surface area (Å²) in [6, 6.07) is 15.4. The van der Waals surface area contributed by atoms with Crippen molar-refractivity contribution in [3.8, 4) is 5.75 Å². The Morgan fingerprint density at radius 2 is 1.88 bits per heavy atom. The molecule has 0 saturated heterocycles. The van der Waals surface area contributed by atoms with E-state index in [2.05, 4.69) is 5.32 Å². The van der Waals surface area contributed by atoms with Gasteiger partial charge in [-0.05, 0) is 18.6 Å². The Labute approximate surface area is 148 Å². The number of benzene rings is 2. The summed E-state index contributed by atoms with van der Waals surface area (Å²) in [5, 5.41) is 2.84. The first-order valence-corrected chi connectivity index (χ1v) is 8.19. The number of carbonyl (C=O) groups excluding carboxylic acids is 2. The third-order valence-corrected chi connectivity index (χ3v) is 3.90. The normalized spacial score (nSPS) is 10.2. The number of rotatable bonds is 7. The average Bonchev–Trinajstić information content (AvgIpc) is 2.59. The molecule has 0 radical (unpaired) electrons. The summed E-state index contributed by atoms with van der Waals surface area (Å²) in [5.74, 6) is 0.397. The Kier molecular flexibility index (Phi) is 6.57. The fourth-order valence-electron chi connectivity index (χ4n) is 2.58. The third-order valence-electron chi connectivity index (χ3n) is 3.90. The molecule has 25 heavy (non-hydrogen) atoms. The van der Waals surface area contributed by atoms with Crippen molar-refractivity contribution in [3.63, 3.8) is 0 Å². The van der Waals surface area contributed by atoms with Gasteiger partial charge in [-0.25, -0.2) is 0 Å². The van der Waals surface area contributed by atoms with Crippen molar-refractivity contribution >= 4 is 11.8 Å². The van der Waals surface area contributed by atoms with Crippen LogP contribution in [0.2, 0.25) is 0 Å². The second-order valence-electron chi connectivity index (χ2n) is 5.95. The molecule has 0 spiro atoms. The fourth-order valence-corrected chi connectivity index (χ4v) is 2.58. The molecule has 2 amide bonds. The highest BCUT2D eigenvalue weighted by Gasteiger charge is 2.14. The number of amides is 2. The molecule has 1 N–H and O–H groups in total. The molecule has 2 aromatic carbocycles. The lowest BCUT2D eigenvalue weighted by atomic mass is 10.1. The van der Waals surface area contributed by atoms with E-state index in [0.717, 1.165) is 22.4 Å². The van der Waals surface area contributed by atoms with Gasteiger partial charge in [0.25, 0.3) is 0 Å². The zero-order valence-corrected chi connectivity index (χ0v) is 14.9. The van der Waals surface area contributed by atoms with Crippen LogP contribution in [0.25, 0.3) is 0 Å². The molecular formula is C20H24N2O3. The minimum Gasteiger partial charge on any atom is -0.496 e. The van der Waals surface area contributed by atoms with Crippen LogP contribution in [-0.2, 0) is 22.7 Å². The summed E-state index contributed by atoms with van der Waals surface area (Å²) >= 11 is 0. The van der Waals surface area contributed by atoms with Crippen molar-refractivity contribution in [1.82, 2.24) is 10.2 Å². The largest absolute Gasteiger partial charge is 0.496 e. The Balaban J connectivity index is 1.95. The average molecular weight is 340 g/mol. The zero-order valence-electron chi connectivity index (χ0n) is 14.9. The number of ether oxygens (including phenoxy) is 1. The van der Waals surface area contributed by atoms with Gasteiger partial charge < -0.3 is 15.0 Å². The minimum atomic E-state index is -0.200. The molecule has 5 heteroatoms. The molecule has 0 bridgehead atoms. The number of para-hydroxylation sites is 1. The van der Waals surface area contributed by atoms with Gasteiger partial charge >= 0.3 is 0 Å². The first-order valence-electron chi connectivity index (χ1n) is 8.19. The zero-order chi connectivity index (χ0) is 18.2. The monoisotopic (exact) mass is 340 g/mol. The molecule has 0 unspecified atom stereocenters. The molecule has 0 aromatic heterocycles. The molecule has 5 nitrogen and oxygen atoms in total. The van der Waals surface area contributed by atoms with E-state index in [0.29, 0.717) is 13.1 Å². The first kappa shape index (κ1) is 18.5. The van der Waals surface area contributed by atoms with E-state index in [1.165, 1.54) is 11.8 Å². The van der Waals surface area contributed by atoms with Crippen LogP contribution in [-0.4, -0.2) is 30.4 Å². The van der Waals surface area contributed by atoms with Crippen molar-refractivity contribution in [2.75, 3.05) is 13.7 Å². The Hall–Kier alpha value is -2.82. The van der Waals surface area contributed by atoms with Gasteiger partial charge in [0.2, 0.25) is 11.8 Å². The topological polar surface area (TPSA) is 58.6 Å². The predicted molar refractivity (Wildman–Crippen MR) is 97.1 cm³/mol. The van der Waals surface area contributed by atoms with E-state index < -0.39 is 0 Å². The molecule has 0 heterocycles. The second-order valence-corrected chi connectivity index (χ2v) is 5.95. The maximum Gasteiger partial charge on any atom is 0.239 e. The van der Waals surface area contributed by atoms with E-state index in [1.807, 2.05) is 55.5 Å². The van der Waals surface area contributed by atoms with Crippen molar-refractivity contribution in [1.29, 1.82) is 0 Å². The lowest BCUT2D eigenvalue weighted by Gasteiger charge is -2.21. The molecule has 0 fully saturated rings. The molecule has 0 aliphatic rings. The van der Waals surface area contributed by atoms with Crippen molar-refractivity contribution < 1.29 is 14.3 Å².